The number of aliphatic carboxylic acids is 1. The number of fused-ring (bicyclic) bond motifs is 3. The molecular weight excluding hydrogens is 460 g/mol. The van der Waals surface area contributed by atoms with Crippen LogP contribution in [0.3, 0.4) is 0 Å². The van der Waals surface area contributed by atoms with E-state index in [1.165, 1.54) is 0 Å². The van der Waals surface area contributed by atoms with Gasteiger partial charge < -0.3 is 5.11 Å². The average molecular weight is 485 g/mol. The van der Waals surface area contributed by atoms with Crippen molar-refractivity contribution in [3.63, 3.8) is 0 Å². The van der Waals surface area contributed by atoms with E-state index >= 15 is 0 Å². The molecule has 0 spiro atoms. The monoisotopic (exact) mass is 484 g/mol. The van der Waals surface area contributed by atoms with Crippen LogP contribution in [0.1, 0.15) is 63.0 Å². The van der Waals surface area contributed by atoms with Gasteiger partial charge in [-0.05, 0) is 44.4 Å². The van der Waals surface area contributed by atoms with Crippen molar-refractivity contribution in [2.75, 3.05) is 0 Å². The summed E-state index contributed by atoms with van der Waals surface area (Å²) in [6.07, 6.45) is -0.182. The fourth-order valence-electron chi connectivity index (χ4n) is 4.54. The zero-order valence-corrected chi connectivity index (χ0v) is 20.7. The van der Waals surface area contributed by atoms with Crippen molar-refractivity contribution in [3.8, 4) is 16.1 Å². The second-order valence-electron chi connectivity index (χ2n) is 8.67. The van der Waals surface area contributed by atoms with Crippen molar-refractivity contribution in [1.29, 1.82) is 0 Å². The molecule has 0 saturated carbocycles. The fourth-order valence-corrected chi connectivity index (χ4v) is 5.75. The first-order valence-electron chi connectivity index (χ1n) is 11.3. The van der Waals surface area contributed by atoms with Crippen LogP contribution >= 0.6 is 11.3 Å². The lowest BCUT2D eigenvalue weighted by Crippen LogP contribution is -2.10. The molecule has 0 aliphatic carbocycles. The maximum atomic E-state index is 12.1. The normalized spacial score (nSPS) is 14.6. The Hall–Kier alpha value is -3.91. The van der Waals surface area contributed by atoms with Crippen LogP contribution in [0.5, 0.6) is 0 Å². The maximum absolute atomic E-state index is 12.1. The number of Topliss-reactive ketones (excluding diaryl/α,β-unsaturated/α-hetero) is 1. The van der Waals surface area contributed by atoms with E-state index in [-0.39, 0.29) is 12.2 Å². The van der Waals surface area contributed by atoms with Gasteiger partial charge in [0, 0.05) is 21.6 Å². The van der Waals surface area contributed by atoms with Crippen LogP contribution in [0, 0.1) is 20.8 Å². The number of rotatable bonds is 5. The summed E-state index contributed by atoms with van der Waals surface area (Å²) >= 11 is 1.63. The minimum Gasteiger partial charge on any atom is -0.481 e. The molecule has 0 fully saturated rings. The maximum Gasteiger partial charge on any atom is 0.306 e. The SMILES string of the molecule is CC(=O)c1ccccc1-c1ccc(C2=N[C@@H](CC(=O)O)c3nnc(C)n3-c3sc(C)c(C)c32)cc1. The molecule has 1 aliphatic heterocycles. The summed E-state index contributed by atoms with van der Waals surface area (Å²) in [4.78, 5) is 30.0. The highest BCUT2D eigenvalue weighted by atomic mass is 32.1. The van der Waals surface area contributed by atoms with Gasteiger partial charge in [-0.2, -0.15) is 0 Å². The highest BCUT2D eigenvalue weighted by molar-refractivity contribution is 7.15. The molecule has 35 heavy (non-hydrogen) atoms. The van der Waals surface area contributed by atoms with Crippen molar-refractivity contribution < 1.29 is 14.7 Å². The molecule has 2 aromatic carbocycles. The molecule has 0 amide bonds. The number of carboxylic acids is 1. The van der Waals surface area contributed by atoms with E-state index in [9.17, 15) is 14.7 Å². The number of aliphatic imine (C=N–C) groups is 1. The minimum atomic E-state index is -0.945. The number of hydrogen-bond acceptors (Lipinski definition) is 6. The molecule has 1 aliphatic rings. The number of carbonyl (C=O) groups excluding carboxylic acids is 1. The van der Waals surface area contributed by atoms with E-state index in [1.54, 1.807) is 18.3 Å². The van der Waals surface area contributed by atoms with Gasteiger partial charge in [0.15, 0.2) is 11.6 Å². The van der Waals surface area contributed by atoms with E-state index in [0.717, 1.165) is 43.4 Å². The third kappa shape index (κ3) is 3.89. The van der Waals surface area contributed by atoms with Gasteiger partial charge in [-0.15, -0.1) is 21.5 Å². The molecule has 8 heteroatoms. The number of carbonyl (C=O) groups is 2. The largest absolute Gasteiger partial charge is 0.481 e. The summed E-state index contributed by atoms with van der Waals surface area (Å²) in [6, 6.07) is 14.8. The van der Waals surface area contributed by atoms with Gasteiger partial charge in [0.2, 0.25) is 0 Å². The molecule has 3 heterocycles. The van der Waals surface area contributed by atoms with Crippen LogP contribution in [0.4, 0.5) is 0 Å². The average Bonchev–Trinajstić information content (AvgIpc) is 3.31. The van der Waals surface area contributed by atoms with E-state index in [0.29, 0.717) is 17.2 Å². The molecule has 5 rings (SSSR count). The summed E-state index contributed by atoms with van der Waals surface area (Å²) in [6.45, 7) is 7.57. The molecule has 0 unspecified atom stereocenters. The lowest BCUT2D eigenvalue weighted by molar-refractivity contribution is -0.137. The molecule has 7 nitrogen and oxygen atoms in total. The van der Waals surface area contributed by atoms with Gasteiger partial charge in [0.05, 0.1) is 12.1 Å². The van der Waals surface area contributed by atoms with Gasteiger partial charge in [-0.25, -0.2) is 0 Å². The Bertz CT molecular complexity index is 1510. The van der Waals surface area contributed by atoms with Crippen LogP contribution in [0.15, 0.2) is 53.5 Å². The van der Waals surface area contributed by atoms with E-state index in [4.69, 9.17) is 4.99 Å². The molecule has 4 aromatic rings. The van der Waals surface area contributed by atoms with Crippen molar-refractivity contribution in [2.24, 2.45) is 4.99 Å². The predicted octanol–water partition coefficient (Wildman–Crippen LogP) is 5.49. The molecule has 1 atom stereocenters. The summed E-state index contributed by atoms with van der Waals surface area (Å²) in [5.41, 5.74) is 6.18. The molecule has 2 aromatic heterocycles. The van der Waals surface area contributed by atoms with Gasteiger partial charge >= 0.3 is 5.97 Å². The molecule has 0 bridgehead atoms. The summed E-state index contributed by atoms with van der Waals surface area (Å²) in [7, 11) is 0. The number of nitrogens with zero attached hydrogens (tertiary/aromatic N) is 4. The number of aromatic nitrogens is 3. The number of benzene rings is 2. The number of ketones is 1. The van der Waals surface area contributed by atoms with Gasteiger partial charge in [-0.1, -0.05) is 48.5 Å². The highest BCUT2D eigenvalue weighted by Gasteiger charge is 2.32. The van der Waals surface area contributed by atoms with Crippen LogP contribution < -0.4 is 0 Å². The molecule has 0 radical (unpaired) electrons. The Morgan fingerprint density at radius 1 is 1.00 bits per heavy atom. The highest BCUT2D eigenvalue weighted by Crippen LogP contribution is 2.39. The van der Waals surface area contributed by atoms with Crippen molar-refractivity contribution in [2.45, 2.75) is 40.2 Å². The van der Waals surface area contributed by atoms with Crippen molar-refractivity contribution in [3.05, 3.63) is 87.3 Å². The Morgan fingerprint density at radius 2 is 1.69 bits per heavy atom. The Labute approximate surface area is 206 Å². The second kappa shape index (κ2) is 8.70. The van der Waals surface area contributed by atoms with Crippen LogP contribution in [0.25, 0.3) is 16.1 Å². The first-order chi connectivity index (χ1) is 16.8. The van der Waals surface area contributed by atoms with Crippen molar-refractivity contribution >= 4 is 28.8 Å². The summed E-state index contributed by atoms with van der Waals surface area (Å²) < 4.78 is 1.95. The molecule has 1 N–H and O–H groups in total. The second-order valence-corrected chi connectivity index (χ2v) is 9.88. The zero-order chi connectivity index (χ0) is 24.9. The van der Waals surface area contributed by atoms with Crippen LogP contribution in [-0.2, 0) is 4.79 Å². The lowest BCUT2D eigenvalue weighted by Gasteiger charge is -2.12. The fraction of sp³-hybridized carbons (Fsp3) is 0.222. The Balaban J connectivity index is 1.68. The summed E-state index contributed by atoms with van der Waals surface area (Å²) in [5.74, 6) is 0.307. The van der Waals surface area contributed by atoms with Crippen molar-refractivity contribution in [1.82, 2.24) is 14.8 Å². The van der Waals surface area contributed by atoms with Gasteiger partial charge in [0.1, 0.15) is 16.9 Å². The Morgan fingerprint density at radius 3 is 2.37 bits per heavy atom. The first kappa shape index (κ1) is 22.9. The third-order valence-electron chi connectivity index (χ3n) is 6.38. The van der Waals surface area contributed by atoms with E-state index in [2.05, 4.69) is 24.0 Å². The number of hydrogen-bond donors (Lipinski definition) is 1. The molecule has 176 valence electrons. The number of thiophene rings is 1. The molecule has 0 saturated heterocycles. The van der Waals surface area contributed by atoms with E-state index < -0.39 is 12.0 Å². The van der Waals surface area contributed by atoms with Crippen LogP contribution in [0.2, 0.25) is 0 Å². The summed E-state index contributed by atoms with van der Waals surface area (Å²) in [5, 5.41) is 19.1. The number of carboxylic acid groups (broad SMARTS) is 1. The smallest absolute Gasteiger partial charge is 0.306 e. The van der Waals surface area contributed by atoms with Gasteiger partial charge in [0.25, 0.3) is 0 Å². The van der Waals surface area contributed by atoms with E-state index in [1.807, 2.05) is 60.0 Å². The quantitative estimate of drug-likeness (QED) is 0.378. The standard InChI is InChI=1S/C27H24N4O3S/c1-14-16(3)35-27-24(14)25(28-22(13-23(33)34)26-30-29-17(4)31(26)27)19-11-9-18(10-12-19)21-8-6-5-7-20(21)15(2)32/h5-12,22H,13H2,1-4H3,(H,33,34)/t22-/m0/s1. The zero-order valence-electron chi connectivity index (χ0n) is 19.9. The third-order valence-corrected chi connectivity index (χ3v) is 7.58. The Kier molecular flexibility index (Phi) is 5.68. The lowest BCUT2D eigenvalue weighted by atomic mass is 9.94. The number of aryl methyl sites for hydroxylation is 2. The predicted molar refractivity (Wildman–Crippen MR) is 136 cm³/mol. The minimum absolute atomic E-state index is 0.0155. The molecular formula is C27H24N4O3S. The first-order valence-corrected chi connectivity index (χ1v) is 12.1. The van der Waals surface area contributed by atoms with Crippen LogP contribution in [-0.4, -0.2) is 37.3 Å². The van der Waals surface area contributed by atoms with Gasteiger partial charge in [-0.3, -0.25) is 19.1 Å². The topological polar surface area (TPSA) is 97.4 Å².